The van der Waals surface area contributed by atoms with Crippen LogP contribution in [0, 0.1) is 17.8 Å². The maximum Gasteiger partial charge on any atom is 0.325 e. The molecule has 1 aliphatic heterocycles. The van der Waals surface area contributed by atoms with E-state index in [9.17, 15) is 14.4 Å². The molecule has 2 fully saturated rings. The van der Waals surface area contributed by atoms with Crippen molar-refractivity contribution in [2.24, 2.45) is 17.8 Å². The minimum absolute atomic E-state index is 0.286. The molecule has 7 nitrogen and oxygen atoms in total. The van der Waals surface area contributed by atoms with Gasteiger partial charge in [0.25, 0.3) is 5.91 Å². The minimum atomic E-state index is -1.27. The molecule has 154 valence electrons. The Labute approximate surface area is 170 Å². The Balaban J connectivity index is 1.40. The third-order valence-corrected chi connectivity index (χ3v) is 6.50. The number of allylic oxidation sites excluding steroid dienone is 2. The highest BCUT2D eigenvalue weighted by atomic mass is 16.5. The van der Waals surface area contributed by atoms with Gasteiger partial charge in [-0.2, -0.15) is 0 Å². The summed E-state index contributed by atoms with van der Waals surface area (Å²) < 4.78 is 5.35. The van der Waals surface area contributed by atoms with E-state index in [0.717, 1.165) is 11.3 Å². The van der Waals surface area contributed by atoms with Crippen LogP contribution in [0.25, 0.3) is 0 Å². The molecule has 1 heterocycles. The topological polar surface area (TPSA) is 87.7 Å². The number of para-hydroxylation sites is 1. The van der Waals surface area contributed by atoms with Crippen molar-refractivity contribution >= 4 is 17.8 Å². The monoisotopic (exact) mass is 397 g/mol. The van der Waals surface area contributed by atoms with Crippen molar-refractivity contribution in [1.29, 1.82) is 0 Å². The van der Waals surface area contributed by atoms with Crippen molar-refractivity contribution in [3.8, 4) is 5.75 Å². The molecule has 4 aliphatic rings. The molecular weight excluding hydrogens is 370 g/mol. The molecule has 4 atom stereocenters. The maximum atomic E-state index is 13.0. The molecule has 7 heteroatoms. The SMILES string of the molecule is COc1ccccc1C1(C)NC(=O)N(CC(=O)NCC2CC3C=CC2CC3)C1=O. The number of ether oxygens (including phenoxy) is 1. The highest BCUT2D eigenvalue weighted by Crippen LogP contribution is 2.40. The average molecular weight is 397 g/mol. The molecule has 29 heavy (non-hydrogen) atoms. The first kappa shape index (κ1) is 19.5. The van der Waals surface area contributed by atoms with E-state index in [0.29, 0.717) is 35.6 Å². The number of carbonyl (C=O) groups excluding carboxylic acids is 3. The zero-order chi connectivity index (χ0) is 20.6. The normalized spacial score (nSPS) is 30.4. The molecule has 1 aromatic carbocycles. The van der Waals surface area contributed by atoms with Crippen LogP contribution in [-0.4, -0.2) is 42.9 Å². The van der Waals surface area contributed by atoms with Crippen LogP contribution in [0.5, 0.6) is 5.75 Å². The van der Waals surface area contributed by atoms with Crippen LogP contribution < -0.4 is 15.4 Å². The van der Waals surface area contributed by atoms with E-state index in [1.54, 1.807) is 31.2 Å². The van der Waals surface area contributed by atoms with Crippen LogP contribution in [0.4, 0.5) is 4.79 Å². The third kappa shape index (κ3) is 3.50. The Morgan fingerprint density at radius 1 is 1.28 bits per heavy atom. The number of carbonyl (C=O) groups is 3. The van der Waals surface area contributed by atoms with Crippen LogP contribution in [0.3, 0.4) is 0 Å². The van der Waals surface area contributed by atoms with E-state index in [-0.39, 0.29) is 12.5 Å². The van der Waals surface area contributed by atoms with Gasteiger partial charge in [0, 0.05) is 12.1 Å². The van der Waals surface area contributed by atoms with Crippen LogP contribution in [-0.2, 0) is 15.1 Å². The molecular formula is C22H27N3O4. The largest absolute Gasteiger partial charge is 0.496 e. The van der Waals surface area contributed by atoms with E-state index < -0.39 is 17.5 Å². The molecule has 1 saturated carbocycles. The second-order valence-electron chi connectivity index (χ2n) is 8.33. The lowest BCUT2D eigenvalue weighted by molar-refractivity contribution is -0.134. The summed E-state index contributed by atoms with van der Waals surface area (Å²) in [7, 11) is 1.52. The summed E-state index contributed by atoms with van der Waals surface area (Å²) in [5, 5.41) is 5.65. The number of amides is 4. The van der Waals surface area contributed by atoms with Gasteiger partial charge in [0.15, 0.2) is 0 Å². The zero-order valence-corrected chi connectivity index (χ0v) is 16.8. The number of hydrogen-bond donors (Lipinski definition) is 2. The number of fused-ring (bicyclic) bond motifs is 2. The Hall–Kier alpha value is -2.83. The number of urea groups is 1. The van der Waals surface area contributed by atoms with Crippen molar-refractivity contribution in [3.63, 3.8) is 0 Å². The summed E-state index contributed by atoms with van der Waals surface area (Å²) in [5.41, 5.74) is -0.703. The standard InChI is InChI=1S/C22H27N3O4/c1-22(17-5-3-4-6-18(17)29-2)20(27)25(21(28)24-22)13-19(26)23-12-16-11-14-7-9-15(16)10-8-14/h3-7,9,14-16H,8,10-13H2,1-2H3,(H,23,26)(H,24,28). The molecule has 4 unspecified atom stereocenters. The van der Waals surface area contributed by atoms with Crippen molar-refractivity contribution in [3.05, 3.63) is 42.0 Å². The quantitative estimate of drug-likeness (QED) is 0.569. The molecule has 0 radical (unpaired) electrons. The van der Waals surface area contributed by atoms with Gasteiger partial charge in [0.2, 0.25) is 5.91 Å². The molecule has 2 bridgehead atoms. The first-order valence-corrected chi connectivity index (χ1v) is 10.1. The Morgan fingerprint density at radius 3 is 2.72 bits per heavy atom. The van der Waals surface area contributed by atoms with Crippen molar-refractivity contribution in [2.45, 2.75) is 31.7 Å². The first-order chi connectivity index (χ1) is 13.9. The Morgan fingerprint density at radius 2 is 2.07 bits per heavy atom. The van der Waals surface area contributed by atoms with Gasteiger partial charge in [-0.3, -0.25) is 14.5 Å². The van der Waals surface area contributed by atoms with Crippen LogP contribution in [0.15, 0.2) is 36.4 Å². The Bertz CT molecular complexity index is 867. The number of benzene rings is 1. The average Bonchev–Trinajstić information content (AvgIpc) is 2.97. The Kier molecular flexibility index (Phi) is 5.06. The molecule has 2 N–H and O–H groups in total. The number of rotatable bonds is 6. The van der Waals surface area contributed by atoms with Crippen molar-refractivity contribution in [2.75, 3.05) is 20.2 Å². The first-order valence-electron chi connectivity index (χ1n) is 10.1. The molecule has 5 rings (SSSR count). The molecule has 3 aliphatic carbocycles. The number of nitrogens with zero attached hydrogens (tertiary/aromatic N) is 1. The molecule has 4 amide bonds. The zero-order valence-electron chi connectivity index (χ0n) is 16.8. The fourth-order valence-corrected chi connectivity index (χ4v) is 4.81. The second kappa shape index (κ2) is 7.54. The molecule has 1 aromatic rings. The highest BCUT2D eigenvalue weighted by Gasteiger charge is 2.50. The predicted molar refractivity (Wildman–Crippen MR) is 107 cm³/mol. The van der Waals surface area contributed by atoms with E-state index in [4.69, 9.17) is 4.74 Å². The van der Waals surface area contributed by atoms with E-state index in [1.807, 2.05) is 0 Å². The van der Waals surface area contributed by atoms with Gasteiger partial charge >= 0.3 is 6.03 Å². The second-order valence-corrected chi connectivity index (χ2v) is 8.33. The van der Waals surface area contributed by atoms with Gasteiger partial charge in [-0.05, 0) is 50.0 Å². The third-order valence-electron chi connectivity index (χ3n) is 6.50. The van der Waals surface area contributed by atoms with E-state index in [1.165, 1.54) is 20.0 Å². The summed E-state index contributed by atoms with van der Waals surface area (Å²) in [6, 6.07) is 6.49. The number of imide groups is 1. The van der Waals surface area contributed by atoms with Crippen LogP contribution in [0.2, 0.25) is 0 Å². The fourth-order valence-electron chi connectivity index (χ4n) is 4.81. The van der Waals surface area contributed by atoms with Crippen molar-refractivity contribution < 1.29 is 19.1 Å². The van der Waals surface area contributed by atoms with Gasteiger partial charge in [-0.1, -0.05) is 30.4 Å². The van der Waals surface area contributed by atoms with Crippen LogP contribution >= 0.6 is 0 Å². The van der Waals surface area contributed by atoms with Crippen molar-refractivity contribution in [1.82, 2.24) is 15.5 Å². The summed E-state index contributed by atoms with van der Waals surface area (Å²) in [4.78, 5) is 39.0. The van der Waals surface area contributed by atoms with Gasteiger partial charge in [0.1, 0.15) is 17.8 Å². The number of hydrogen-bond acceptors (Lipinski definition) is 4. The predicted octanol–water partition coefficient (Wildman–Crippen LogP) is 2.18. The van der Waals surface area contributed by atoms with Gasteiger partial charge in [-0.25, -0.2) is 4.79 Å². The summed E-state index contributed by atoms with van der Waals surface area (Å²) >= 11 is 0. The van der Waals surface area contributed by atoms with E-state index >= 15 is 0 Å². The van der Waals surface area contributed by atoms with Crippen LogP contribution in [0.1, 0.15) is 31.7 Å². The number of nitrogens with one attached hydrogen (secondary N) is 2. The molecule has 0 spiro atoms. The lowest BCUT2D eigenvalue weighted by Crippen LogP contribution is -2.45. The maximum absolute atomic E-state index is 13.0. The van der Waals surface area contributed by atoms with Gasteiger partial charge in [0.05, 0.1) is 7.11 Å². The highest BCUT2D eigenvalue weighted by molar-refractivity contribution is 6.09. The molecule has 1 saturated heterocycles. The summed E-state index contributed by atoms with van der Waals surface area (Å²) in [6.45, 7) is 1.93. The summed E-state index contributed by atoms with van der Waals surface area (Å²) in [5.74, 6) is 1.31. The minimum Gasteiger partial charge on any atom is -0.496 e. The van der Waals surface area contributed by atoms with E-state index in [2.05, 4.69) is 22.8 Å². The van der Waals surface area contributed by atoms with Gasteiger partial charge in [-0.15, -0.1) is 0 Å². The fraction of sp³-hybridized carbons (Fsp3) is 0.500. The lowest BCUT2D eigenvalue weighted by Gasteiger charge is -2.38. The number of methoxy groups -OCH3 is 1. The molecule has 0 aromatic heterocycles. The smallest absolute Gasteiger partial charge is 0.325 e. The summed E-state index contributed by atoms with van der Waals surface area (Å²) in [6.07, 6.45) is 8.06. The lowest BCUT2D eigenvalue weighted by atomic mass is 9.69. The van der Waals surface area contributed by atoms with Gasteiger partial charge < -0.3 is 15.4 Å².